The zero-order valence-electron chi connectivity index (χ0n) is 17.0. The molecule has 4 rings (SSSR count). The molecule has 14 nitrogen and oxygen atoms in total. The molecular formula is C18H20N3O11P. The molecule has 0 spiro atoms. The number of hydrogen-bond acceptors (Lipinski definition) is 10. The predicted octanol–water partition coefficient (Wildman–Crippen LogP) is -1.06. The standard InChI is InChI=1S/C18H20N3O11P/c1-29-9-2-3-10-11(19-32-12(10)6-9)7-21-14(22)4-5-20(18(21)25)17-16(24)15(23)13(31-17)8-30-33(26,27)28/h2-6,13,15-17,23-24H,7-8H2,1H3,(H2,26,27,28)/t13-,15+,16+,17-/m1/s1. The third-order valence-corrected chi connectivity index (χ3v) is 5.66. The Kier molecular flexibility index (Phi) is 6.24. The van der Waals surface area contributed by atoms with E-state index in [-0.39, 0.29) is 6.54 Å². The normalized spacial score (nSPS) is 23.3. The van der Waals surface area contributed by atoms with Gasteiger partial charge in [-0.2, -0.15) is 0 Å². The van der Waals surface area contributed by atoms with Gasteiger partial charge >= 0.3 is 13.5 Å². The molecule has 178 valence electrons. The quantitative estimate of drug-likeness (QED) is 0.297. The van der Waals surface area contributed by atoms with Crippen LogP contribution in [-0.4, -0.2) is 66.3 Å². The Morgan fingerprint density at radius 2 is 1.94 bits per heavy atom. The first kappa shape index (κ1) is 23.3. The van der Waals surface area contributed by atoms with Crippen molar-refractivity contribution in [3.8, 4) is 5.75 Å². The molecule has 4 atom stereocenters. The number of ether oxygens (including phenoxy) is 2. The number of rotatable bonds is 7. The van der Waals surface area contributed by atoms with E-state index < -0.39 is 50.2 Å². The highest BCUT2D eigenvalue weighted by atomic mass is 31.2. The fourth-order valence-electron chi connectivity index (χ4n) is 3.50. The number of nitrogens with zero attached hydrogens (tertiary/aromatic N) is 3. The van der Waals surface area contributed by atoms with Gasteiger partial charge in [-0.25, -0.2) is 9.36 Å². The van der Waals surface area contributed by atoms with Crippen LogP contribution in [0, 0.1) is 0 Å². The van der Waals surface area contributed by atoms with E-state index in [4.69, 9.17) is 23.8 Å². The number of phosphoric ester groups is 1. The van der Waals surface area contributed by atoms with Crippen LogP contribution in [0.4, 0.5) is 0 Å². The molecule has 2 aromatic heterocycles. The predicted molar refractivity (Wildman–Crippen MR) is 109 cm³/mol. The van der Waals surface area contributed by atoms with E-state index in [2.05, 4.69) is 9.68 Å². The monoisotopic (exact) mass is 485 g/mol. The number of aliphatic hydroxyl groups excluding tert-OH is 2. The van der Waals surface area contributed by atoms with Crippen LogP contribution in [-0.2, 0) is 20.4 Å². The third-order valence-electron chi connectivity index (χ3n) is 5.18. The first-order valence-corrected chi connectivity index (χ1v) is 11.1. The maximum atomic E-state index is 13.0. The van der Waals surface area contributed by atoms with E-state index in [0.29, 0.717) is 22.4 Å². The first-order valence-electron chi connectivity index (χ1n) is 9.55. The van der Waals surface area contributed by atoms with Gasteiger partial charge in [-0.15, -0.1) is 0 Å². The lowest BCUT2D eigenvalue weighted by Gasteiger charge is -2.18. The summed E-state index contributed by atoms with van der Waals surface area (Å²) >= 11 is 0. The molecule has 15 heteroatoms. The Bertz CT molecular complexity index is 1330. The van der Waals surface area contributed by atoms with Crippen molar-refractivity contribution in [1.82, 2.24) is 14.3 Å². The maximum absolute atomic E-state index is 13.0. The molecule has 1 saturated heterocycles. The smallest absolute Gasteiger partial charge is 0.469 e. The van der Waals surface area contributed by atoms with Crippen LogP contribution >= 0.6 is 7.82 Å². The van der Waals surface area contributed by atoms with E-state index in [1.54, 1.807) is 18.2 Å². The molecule has 4 N–H and O–H groups in total. The van der Waals surface area contributed by atoms with Gasteiger partial charge in [0, 0.05) is 23.7 Å². The molecule has 0 saturated carbocycles. The van der Waals surface area contributed by atoms with Crippen molar-refractivity contribution >= 4 is 18.8 Å². The highest BCUT2D eigenvalue weighted by molar-refractivity contribution is 7.46. The van der Waals surface area contributed by atoms with Crippen molar-refractivity contribution in [1.29, 1.82) is 0 Å². The van der Waals surface area contributed by atoms with Crippen molar-refractivity contribution in [3.05, 3.63) is 57.0 Å². The number of hydrogen-bond donors (Lipinski definition) is 4. The van der Waals surface area contributed by atoms with Gasteiger partial charge in [0.05, 0.1) is 20.3 Å². The van der Waals surface area contributed by atoms with Crippen molar-refractivity contribution in [3.63, 3.8) is 0 Å². The van der Waals surface area contributed by atoms with Gasteiger partial charge in [0.1, 0.15) is 29.8 Å². The Morgan fingerprint density at radius 3 is 2.64 bits per heavy atom. The largest absolute Gasteiger partial charge is 0.497 e. The zero-order chi connectivity index (χ0) is 23.9. The molecule has 0 radical (unpaired) electrons. The summed E-state index contributed by atoms with van der Waals surface area (Å²) in [7, 11) is -3.36. The number of aliphatic hydroxyl groups is 2. The Morgan fingerprint density at radius 1 is 1.18 bits per heavy atom. The minimum Gasteiger partial charge on any atom is -0.497 e. The van der Waals surface area contributed by atoms with Gasteiger partial charge in [0.15, 0.2) is 11.8 Å². The third kappa shape index (κ3) is 4.63. The number of phosphoric acid groups is 1. The topological polar surface area (TPSA) is 196 Å². The van der Waals surface area contributed by atoms with E-state index in [1.807, 2.05) is 0 Å². The number of methoxy groups -OCH3 is 1. The van der Waals surface area contributed by atoms with Gasteiger partial charge in [-0.05, 0) is 12.1 Å². The fraction of sp³-hybridized carbons (Fsp3) is 0.389. The average molecular weight is 485 g/mol. The minimum absolute atomic E-state index is 0.256. The maximum Gasteiger partial charge on any atom is 0.469 e. The molecule has 3 heterocycles. The van der Waals surface area contributed by atoms with Crippen LogP contribution in [0.5, 0.6) is 5.75 Å². The fourth-order valence-corrected chi connectivity index (χ4v) is 3.84. The molecule has 3 aromatic rings. The lowest BCUT2D eigenvalue weighted by atomic mass is 10.1. The summed E-state index contributed by atoms with van der Waals surface area (Å²) < 4.78 is 32.7. The lowest BCUT2D eigenvalue weighted by Crippen LogP contribution is -2.43. The first-order chi connectivity index (χ1) is 15.6. The highest BCUT2D eigenvalue weighted by Crippen LogP contribution is 2.38. The molecule has 0 amide bonds. The van der Waals surface area contributed by atoms with Crippen LogP contribution < -0.4 is 16.0 Å². The summed E-state index contributed by atoms with van der Waals surface area (Å²) in [5, 5.41) is 24.9. The Balaban J connectivity index is 1.63. The van der Waals surface area contributed by atoms with E-state index in [1.165, 1.54) is 7.11 Å². The lowest BCUT2D eigenvalue weighted by molar-refractivity contribution is -0.0548. The van der Waals surface area contributed by atoms with Crippen molar-refractivity contribution in [2.24, 2.45) is 0 Å². The second-order valence-electron chi connectivity index (χ2n) is 7.25. The van der Waals surface area contributed by atoms with E-state index in [0.717, 1.165) is 21.4 Å². The second-order valence-corrected chi connectivity index (χ2v) is 8.49. The summed E-state index contributed by atoms with van der Waals surface area (Å²) in [5.41, 5.74) is -0.847. The number of benzene rings is 1. The second kappa shape index (κ2) is 8.83. The van der Waals surface area contributed by atoms with Crippen molar-refractivity contribution < 1.29 is 43.1 Å². The molecule has 1 aliphatic rings. The summed E-state index contributed by atoms with van der Waals surface area (Å²) in [6.45, 7) is -0.990. The number of fused-ring (bicyclic) bond motifs is 1. The average Bonchev–Trinajstić information content (AvgIpc) is 3.29. The van der Waals surface area contributed by atoms with Crippen LogP contribution in [0.25, 0.3) is 11.0 Å². The van der Waals surface area contributed by atoms with E-state index >= 15 is 0 Å². The summed E-state index contributed by atoms with van der Waals surface area (Å²) in [4.78, 5) is 43.1. The number of aromatic nitrogens is 3. The van der Waals surface area contributed by atoms with Gasteiger partial charge in [-0.3, -0.25) is 18.5 Å². The van der Waals surface area contributed by atoms with Crippen LogP contribution in [0.1, 0.15) is 11.9 Å². The Hall–Kier alpha value is -2.84. The molecule has 0 aliphatic carbocycles. The zero-order valence-corrected chi connectivity index (χ0v) is 17.9. The molecule has 0 unspecified atom stereocenters. The van der Waals surface area contributed by atoms with Crippen molar-refractivity contribution in [2.45, 2.75) is 31.1 Å². The molecule has 1 fully saturated rings. The van der Waals surface area contributed by atoms with E-state index in [9.17, 15) is 24.4 Å². The van der Waals surface area contributed by atoms with Crippen LogP contribution in [0.15, 0.2) is 44.6 Å². The molecule has 1 aliphatic heterocycles. The summed E-state index contributed by atoms with van der Waals surface area (Å²) in [6.07, 6.45) is -4.94. The molecular weight excluding hydrogens is 465 g/mol. The van der Waals surface area contributed by atoms with Crippen molar-refractivity contribution in [2.75, 3.05) is 13.7 Å². The molecule has 0 bridgehead atoms. The summed E-state index contributed by atoms with van der Waals surface area (Å²) in [6, 6.07) is 5.99. The van der Waals surface area contributed by atoms with Gasteiger partial charge in [0.2, 0.25) is 0 Å². The molecule has 33 heavy (non-hydrogen) atoms. The summed E-state index contributed by atoms with van der Waals surface area (Å²) in [5.74, 6) is 0.535. The SMILES string of the molecule is COc1ccc2c(Cn3c(=O)ccn([C@@H]4O[C@H](COP(=O)(O)O)[C@H](O)[C@@H]4O)c3=O)noc2c1. The van der Waals surface area contributed by atoms with Gasteiger partial charge in [-0.1, -0.05) is 5.16 Å². The van der Waals surface area contributed by atoms with Gasteiger partial charge < -0.3 is 34.0 Å². The highest BCUT2D eigenvalue weighted by Gasteiger charge is 2.45. The van der Waals surface area contributed by atoms with Gasteiger partial charge in [0.25, 0.3) is 5.56 Å². The van der Waals surface area contributed by atoms with Crippen LogP contribution in [0.3, 0.4) is 0 Å². The van der Waals surface area contributed by atoms with Crippen LogP contribution in [0.2, 0.25) is 0 Å². The minimum atomic E-state index is -4.85. The molecule has 1 aromatic carbocycles. The Labute approximate surface area is 184 Å².